The number of rotatable bonds is 5. The second kappa shape index (κ2) is 7.66. The summed E-state index contributed by atoms with van der Waals surface area (Å²) < 4.78 is 26.9. The van der Waals surface area contributed by atoms with Crippen LogP contribution in [0.5, 0.6) is 0 Å². The maximum absolute atomic E-state index is 13.9. The summed E-state index contributed by atoms with van der Waals surface area (Å²) in [6.45, 7) is 0.484. The molecule has 0 saturated carbocycles. The molecule has 1 heterocycles. The second-order valence-corrected chi connectivity index (χ2v) is 5.58. The maximum Gasteiger partial charge on any atom is 0.252 e. The summed E-state index contributed by atoms with van der Waals surface area (Å²) in [5, 5.41) is 2.82. The van der Waals surface area contributed by atoms with Gasteiger partial charge in [-0.1, -0.05) is 30.3 Å². The zero-order valence-electron chi connectivity index (χ0n) is 13.4. The molecule has 0 saturated heterocycles. The van der Waals surface area contributed by atoms with E-state index in [0.29, 0.717) is 24.1 Å². The molecule has 0 fully saturated rings. The number of hydrogen-bond donors (Lipinski definition) is 1. The summed E-state index contributed by atoms with van der Waals surface area (Å²) in [6.07, 6.45) is 3.58. The van der Waals surface area contributed by atoms with E-state index in [9.17, 15) is 13.6 Å². The van der Waals surface area contributed by atoms with E-state index >= 15 is 0 Å². The molecular weight excluding hydrogens is 322 g/mol. The van der Waals surface area contributed by atoms with Crippen molar-refractivity contribution in [2.24, 2.45) is 0 Å². The van der Waals surface area contributed by atoms with Crippen molar-refractivity contribution < 1.29 is 13.6 Å². The number of nitrogens with one attached hydrogen (secondary N) is 1. The number of amides is 1. The van der Waals surface area contributed by atoms with Crippen molar-refractivity contribution in [2.75, 3.05) is 6.54 Å². The highest BCUT2D eigenvalue weighted by atomic mass is 19.1. The van der Waals surface area contributed by atoms with Gasteiger partial charge in [0.2, 0.25) is 0 Å². The fourth-order valence-electron chi connectivity index (χ4n) is 2.50. The molecule has 0 bridgehead atoms. The zero-order valence-corrected chi connectivity index (χ0v) is 13.4. The first-order chi connectivity index (χ1) is 12.1. The minimum atomic E-state index is -0.691. The van der Waals surface area contributed by atoms with Gasteiger partial charge in [-0.25, -0.2) is 8.78 Å². The van der Waals surface area contributed by atoms with E-state index < -0.39 is 11.6 Å². The molecule has 3 aromatic rings. The van der Waals surface area contributed by atoms with Crippen molar-refractivity contribution in [3.63, 3.8) is 0 Å². The van der Waals surface area contributed by atoms with E-state index in [1.165, 1.54) is 24.5 Å². The lowest BCUT2D eigenvalue weighted by molar-refractivity contribution is 0.0954. The van der Waals surface area contributed by atoms with Gasteiger partial charge in [-0.2, -0.15) is 0 Å². The van der Waals surface area contributed by atoms with Crippen molar-refractivity contribution in [3.8, 4) is 11.1 Å². The Morgan fingerprint density at radius 1 is 1.00 bits per heavy atom. The molecule has 1 amide bonds. The van der Waals surface area contributed by atoms with Gasteiger partial charge in [-0.05, 0) is 30.2 Å². The van der Waals surface area contributed by atoms with Crippen LogP contribution in [0.4, 0.5) is 8.78 Å². The van der Waals surface area contributed by atoms with E-state index in [4.69, 9.17) is 0 Å². The van der Waals surface area contributed by atoms with E-state index in [1.54, 1.807) is 6.07 Å². The minimum absolute atomic E-state index is 0.202. The van der Waals surface area contributed by atoms with Gasteiger partial charge in [0, 0.05) is 36.1 Å². The van der Waals surface area contributed by atoms with Gasteiger partial charge in [0.1, 0.15) is 11.6 Å². The molecular formula is C20H16F2N2O. The molecule has 25 heavy (non-hydrogen) atoms. The molecule has 0 unspecified atom stereocenters. The van der Waals surface area contributed by atoms with Gasteiger partial charge >= 0.3 is 0 Å². The van der Waals surface area contributed by atoms with Gasteiger partial charge in [0.05, 0.1) is 5.56 Å². The van der Waals surface area contributed by atoms with Crippen LogP contribution in [0, 0.1) is 11.6 Å². The first-order valence-corrected chi connectivity index (χ1v) is 7.86. The standard InChI is InChI=1S/C20H16F2N2O/c21-17-6-7-18(19(22)11-17)15-10-16(13-23-12-15)20(25)24-9-8-14-4-2-1-3-5-14/h1-7,10-13H,8-9H2,(H,24,25). The van der Waals surface area contributed by atoms with Gasteiger partial charge in [0.25, 0.3) is 5.91 Å². The quantitative estimate of drug-likeness (QED) is 0.764. The monoisotopic (exact) mass is 338 g/mol. The summed E-state index contributed by atoms with van der Waals surface area (Å²) in [6, 6.07) is 14.7. The fraction of sp³-hybridized carbons (Fsp3) is 0.100. The largest absolute Gasteiger partial charge is 0.352 e. The summed E-state index contributed by atoms with van der Waals surface area (Å²) in [5.74, 6) is -1.62. The van der Waals surface area contributed by atoms with Crippen LogP contribution in [0.2, 0.25) is 0 Å². The lowest BCUT2D eigenvalue weighted by Crippen LogP contribution is -2.25. The third kappa shape index (κ3) is 4.26. The highest BCUT2D eigenvalue weighted by Gasteiger charge is 2.11. The number of carbonyl (C=O) groups excluding carboxylic acids is 1. The number of pyridine rings is 1. The van der Waals surface area contributed by atoms with Crippen LogP contribution in [0.25, 0.3) is 11.1 Å². The third-order valence-electron chi connectivity index (χ3n) is 3.78. The van der Waals surface area contributed by atoms with E-state index in [0.717, 1.165) is 11.6 Å². The third-order valence-corrected chi connectivity index (χ3v) is 3.78. The number of hydrogen-bond acceptors (Lipinski definition) is 2. The number of nitrogens with zero attached hydrogens (tertiary/aromatic N) is 1. The normalized spacial score (nSPS) is 10.5. The van der Waals surface area contributed by atoms with Gasteiger partial charge < -0.3 is 5.32 Å². The Bertz CT molecular complexity index is 882. The Hall–Kier alpha value is -3.08. The maximum atomic E-state index is 13.9. The predicted octanol–water partition coefficient (Wildman–Crippen LogP) is 4.00. The molecule has 2 aromatic carbocycles. The van der Waals surface area contributed by atoms with Crippen molar-refractivity contribution >= 4 is 5.91 Å². The highest BCUT2D eigenvalue weighted by molar-refractivity contribution is 5.95. The molecule has 3 rings (SSSR count). The van der Waals surface area contributed by atoms with Crippen LogP contribution in [0.15, 0.2) is 67.0 Å². The van der Waals surface area contributed by atoms with Gasteiger partial charge in [-0.3, -0.25) is 9.78 Å². The molecule has 3 nitrogen and oxygen atoms in total. The molecule has 0 aliphatic heterocycles. The smallest absolute Gasteiger partial charge is 0.252 e. The van der Waals surface area contributed by atoms with Crippen LogP contribution < -0.4 is 5.32 Å². The Balaban J connectivity index is 1.69. The molecule has 126 valence electrons. The van der Waals surface area contributed by atoms with Crippen LogP contribution >= 0.6 is 0 Å². The predicted molar refractivity (Wildman–Crippen MR) is 92.1 cm³/mol. The number of halogens is 2. The minimum Gasteiger partial charge on any atom is -0.352 e. The van der Waals surface area contributed by atoms with Crippen molar-refractivity contribution in [1.29, 1.82) is 0 Å². The molecule has 0 atom stereocenters. The summed E-state index contributed by atoms with van der Waals surface area (Å²) >= 11 is 0. The lowest BCUT2D eigenvalue weighted by atomic mass is 10.0. The fourth-order valence-corrected chi connectivity index (χ4v) is 2.50. The first-order valence-electron chi connectivity index (χ1n) is 7.86. The van der Waals surface area contributed by atoms with Crippen molar-refractivity contribution in [1.82, 2.24) is 10.3 Å². The SMILES string of the molecule is O=C(NCCc1ccccc1)c1cncc(-c2ccc(F)cc2F)c1. The topological polar surface area (TPSA) is 42.0 Å². The summed E-state index contributed by atoms with van der Waals surface area (Å²) in [5.41, 5.74) is 2.08. The van der Waals surface area contributed by atoms with Crippen LogP contribution in [-0.2, 0) is 6.42 Å². The lowest BCUT2D eigenvalue weighted by Gasteiger charge is -2.08. The van der Waals surface area contributed by atoms with Crippen LogP contribution in [0.1, 0.15) is 15.9 Å². The zero-order chi connectivity index (χ0) is 17.6. The molecule has 0 aliphatic rings. The van der Waals surface area contributed by atoms with E-state index in [1.807, 2.05) is 30.3 Å². The number of benzene rings is 2. The molecule has 0 spiro atoms. The molecule has 0 radical (unpaired) electrons. The van der Waals surface area contributed by atoms with Crippen LogP contribution in [0.3, 0.4) is 0 Å². The molecule has 1 N–H and O–H groups in total. The average Bonchev–Trinajstić information content (AvgIpc) is 2.62. The van der Waals surface area contributed by atoms with Gasteiger partial charge in [-0.15, -0.1) is 0 Å². The number of carbonyl (C=O) groups is 1. The van der Waals surface area contributed by atoms with Crippen molar-refractivity contribution in [3.05, 3.63) is 89.8 Å². The number of aromatic nitrogens is 1. The molecule has 5 heteroatoms. The second-order valence-electron chi connectivity index (χ2n) is 5.58. The first kappa shape index (κ1) is 16.8. The molecule has 1 aromatic heterocycles. The highest BCUT2D eigenvalue weighted by Crippen LogP contribution is 2.23. The van der Waals surface area contributed by atoms with Crippen molar-refractivity contribution in [2.45, 2.75) is 6.42 Å². The summed E-state index contributed by atoms with van der Waals surface area (Å²) in [4.78, 5) is 16.2. The van der Waals surface area contributed by atoms with E-state index in [-0.39, 0.29) is 11.5 Å². The summed E-state index contributed by atoms with van der Waals surface area (Å²) in [7, 11) is 0. The Morgan fingerprint density at radius 2 is 1.80 bits per heavy atom. The van der Waals surface area contributed by atoms with Crippen LogP contribution in [-0.4, -0.2) is 17.4 Å². The van der Waals surface area contributed by atoms with Gasteiger partial charge in [0.15, 0.2) is 0 Å². The Labute approximate surface area is 144 Å². The Morgan fingerprint density at radius 3 is 2.56 bits per heavy atom. The molecule has 0 aliphatic carbocycles. The van der Waals surface area contributed by atoms with E-state index in [2.05, 4.69) is 10.3 Å². The average molecular weight is 338 g/mol. The Kier molecular flexibility index (Phi) is 5.14.